The van der Waals surface area contributed by atoms with E-state index in [0.717, 1.165) is 29.6 Å². The summed E-state index contributed by atoms with van der Waals surface area (Å²) in [4.78, 5) is 1.15. The molecule has 0 unspecified atom stereocenters. The van der Waals surface area contributed by atoms with Gasteiger partial charge in [0.25, 0.3) is 0 Å². The second kappa shape index (κ2) is 10.5. The third-order valence-corrected chi connectivity index (χ3v) is 5.11. The van der Waals surface area contributed by atoms with E-state index in [0.29, 0.717) is 30.5 Å². The molecule has 0 aliphatic carbocycles. The highest BCUT2D eigenvalue weighted by Crippen LogP contribution is 2.24. The van der Waals surface area contributed by atoms with Crippen LogP contribution in [0.2, 0.25) is 0 Å². The summed E-state index contributed by atoms with van der Waals surface area (Å²) in [5, 5.41) is 4.69. The number of aromatic nitrogens is 3. The number of ether oxygens (including phenoxy) is 2. The van der Waals surface area contributed by atoms with Gasteiger partial charge >= 0.3 is 0 Å². The largest absolute Gasteiger partial charge is 0.379 e. The first-order valence-corrected chi connectivity index (χ1v) is 9.98. The molecule has 160 valence electrons. The van der Waals surface area contributed by atoms with Gasteiger partial charge in [-0.25, -0.2) is 8.78 Å². The second-order valence-corrected chi connectivity index (χ2v) is 7.16. The summed E-state index contributed by atoms with van der Waals surface area (Å²) in [5.41, 5.74) is 0.934. The smallest absolute Gasteiger partial charge is 0.207 e. The molecule has 0 saturated carbocycles. The Bertz CT molecular complexity index is 1020. The Labute approximate surface area is 179 Å². The highest BCUT2D eigenvalue weighted by molar-refractivity contribution is 7.71. The minimum absolute atomic E-state index is 0.154. The predicted octanol–water partition coefficient (Wildman–Crippen LogP) is 2.48. The number of nitrogens with zero attached hydrogens (tertiary/aromatic N) is 3. The van der Waals surface area contributed by atoms with E-state index in [1.807, 2.05) is 30.3 Å². The summed E-state index contributed by atoms with van der Waals surface area (Å²) in [7, 11) is 3.30. The number of rotatable bonds is 10. The Balaban J connectivity index is 2.07. The first kappa shape index (κ1) is 22.2. The maximum atomic E-state index is 14.6. The lowest BCUT2D eigenvalue weighted by atomic mass is 10.2. The van der Waals surface area contributed by atoms with E-state index in [2.05, 4.69) is 5.10 Å². The Morgan fingerprint density at radius 3 is 2.27 bits per heavy atom. The highest BCUT2D eigenvalue weighted by Gasteiger charge is 2.20. The zero-order valence-electron chi connectivity index (χ0n) is 17.0. The molecule has 0 aliphatic rings. The SMILES string of the molecule is COCC[NH+](CCOC)Cn1nc(-c2ccccc2)n(-c2ccc(F)cc2F)c1=S. The molecule has 3 aromatic rings. The molecular weight excluding hydrogens is 410 g/mol. The van der Waals surface area contributed by atoms with E-state index in [-0.39, 0.29) is 5.69 Å². The van der Waals surface area contributed by atoms with E-state index < -0.39 is 11.6 Å². The molecule has 6 nitrogen and oxygen atoms in total. The van der Waals surface area contributed by atoms with Crippen molar-refractivity contribution in [3.05, 3.63) is 64.9 Å². The van der Waals surface area contributed by atoms with Gasteiger partial charge in [0.15, 0.2) is 12.5 Å². The van der Waals surface area contributed by atoms with Gasteiger partial charge in [0, 0.05) is 25.8 Å². The van der Waals surface area contributed by atoms with Gasteiger partial charge in [-0.15, -0.1) is 5.10 Å². The Hall–Kier alpha value is -2.46. The number of benzene rings is 2. The Morgan fingerprint density at radius 1 is 1.00 bits per heavy atom. The van der Waals surface area contributed by atoms with Crippen molar-refractivity contribution >= 4 is 12.2 Å². The van der Waals surface area contributed by atoms with Crippen molar-refractivity contribution in [1.29, 1.82) is 0 Å². The lowest BCUT2D eigenvalue weighted by molar-refractivity contribution is -0.924. The molecular formula is C21H25F2N4O2S+. The van der Waals surface area contributed by atoms with Crippen LogP contribution in [0.4, 0.5) is 8.78 Å². The predicted molar refractivity (Wildman–Crippen MR) is 112 cm³/mol. The number of nitrogens with one attached hydrogen (secondary N) is 1. The minimum Gasteiger partial charge on any atom is -0.379 e. The van der Waals surface area contributed by atoms with Crippen LogP contribution < -0.4 is 4.90 Å². The molecule has 0 fully saturated rings. The molecule has 0 bridgehead atoms. The van der Waals surface area contributed by atoms with Crippen molar-refractivity contribution in [3.63, 3.8) is 0 Å². The minimum atomic E-state index is -0.703. The maximum absolute atomic E-state index is 14.6. The van der Waals surface area contributed by atoms with Crippen molar-refractivity contribution < 1.29 is 23.2 Å². The van der Waals surface area contributed by atoms with Gasteiger partial charge in [-0.3, -0.25) is 4.57 Å². The molecule has 0 amide bonds. The van der Waals surface area contributed by atoms with Crippen LogP contribution >= 0.6 is 12.2 Å². The quantitative estimate of drug-likeness (QED) is 0.497. The zero-order chi connectivity index (χ0) is 21.5. The van der Waals surface area contributed by atoms with Gasteiger partial charge in [0.2, 0.25) is 4.77 Å². The van der Waals surface area contributed by atoms with E-state index in [9.17, 15) is 8.78 Å². The Kier molecular flexibility index (Phi) is 7.81. The number of halogens is 2. The summed E-state index contributed by atoms with van der Waals surface area (Å²) in [5.74, 6) is -0.860. The van der Waals surface area contributed by atoms with Gasteiger partial charge in [0.1, 0.15) is 24.7 Å². The standard InChI is InChI=1S/C21H24F2N4O2S/c1-28-12-10-25(11-13-29-2)15-26-21(30)27(19-9-8-17(22)14-18(19)23)20(24-26)16-6-4-3-5-7-16/h3-9,14H,10-13,15H2,1-2H3/p+1. The number of quaternary nitrogens is 1. The fourth-order valence-corrected chi connectivity index (χ4v) is 3.44. The summed E-state index contributed by atoms with van der Waals surface area (Å²) in [6.07, 6.45) is 0. The highest BCUT2D eigenvalue weighted by atomic mass is 32.1. The van der Waals surface area contributed by atoms with Crippen molar-refractivity contribution in [3.8, 4) is 17.1 Å². The molecule has 1 N–H and O–H groups in total. The van der Waals surface area contributed by atoms with Crippen LogP contribution in [-0.4, -0.2) is 54.9 Å². The molecule has 0 aliphatic heterocycles. The Morgan fingerprint density at radius 2 is 1.67 bits per heavy atom. The topological polar surface area (TPSA) is 45.6 Å². The average molecular weight is 436 g/mol. The molecule has 0 radical (unpaired) electrons. The third kappa shape index (κ3) is 5.17. The van der Waals surface area contributed by atoms with Crippen molar-refractivity contribution in [2.24, 2.45) is 0 Å². The van der Waals surface area contributed by atoms with Crippen LogP contribution in [0, 0.1) is 16.4 Å². The lowest BCUT2D eigenvalue weighted by Gasteiger charge is -2.18. The van der Waals surface area contributed by atoms with E-state index in [4.69, 9.17) is 21.7 Å². The van der Waals surface area contributed by atoms with Gasteiger partial charge in [0.05, 0.1) is 18.9 Å². The molecule has 9 heteroatoms. The van der Waals surface area contributed by atoms with Crippen molar-refractivity contribution in [2.75, 3.05) is 40.5 Å². The molecule has 3 rings (SSSR count). The average Bonchev–Trinajstić information content (AvgIpc) is 3.06. The first-order valence-electron chi connectivity index (χ1n) is 9.57. The summed E-state index contributed by atoms with van der Waals surface area (Å²) >= 11 is 5.66. The van der Waals surface area contributed by atoms with Gasteiger partial charge < -0.3 is 14.4 Å². The molecule has 0 spiro atoms. The monoisotopic (exact) mass is 435 g/mol. The number of hydrogen-bond donors (Lipinski definition) is 1. The molecule has 0 saturated heterocycles. The summed E-state index contributed by atoms with van der Waals surface area (Å²) in [6.45, 7) is 3.08. The molecule has 1 heterocycles. The van der Waals surface area contributed by atoms with Gasteiger partial charge in [-0.05, 0) is 24.4 Å². The van der Waals surface area contributed by atoms with Crippen LogP contribution in [0.5, 0.6) is 0 Å². The van der Waals surface area contributed by atoms with Gasteiger partial charge in [-0.2, -0.15) is 4.68 Å². The van der Waals surface area contributed by atoms with Crippen LogP contribution in [-0.2, 0) is 16.1 Å². The van der Waals surface area contributed by atoms with E-state index in [1.165, 1.54) is 12.1 Å². The van der Waals surface area contributed by atoms with Crippen LogP contribution in [0.25, 0.3) is 17.1 Å². The fraction of sp³-hybridized carbons (Fsp3) is 0.333. The summed E-state index contributed by atoms with van der Waals surface area (Å²) in [6, 6.07) is 12.8. The number of methoxy groups -OCH3 is 2. The third-order valence-electron chi connectivity index (χ3n) is 4.71. The molecule has 30 heavy (non-hydrogen) atoms. The number of hydrogen-bond acceptors (Lipinski definition) is 4. The van der Waals surface area contributed by atoms with E-state index in [1.54, 1.807) is 23.5 Å². The zero-order valence-corrected chi connectivity index (χ0v) is 17.8. The molecule has 2 aromatic carbocycles. The van der Waals surface area contributed by atoms with Crippen LogP contribution in [0.15, 0.2) is 48.5 Å². The van der Waals surface area contributed by atoms with Gasteiger partial charge in [-0.1, -0.05) is 30.3 Å². The van der Waals surface area contributed by atoms with Crippen molar-refractivity contribution in [2.45, 2.75) is 6.67 Å². The first-order chi connectivity index (χ1) is 14.5. The normalized spacial score (nSPS) is 11.4. The van der Waals surface area contributed by atoms with Crippen LogP contribution in [0.3, 0.4) is 0 Å². The molecule has 1 aromatic heterocycles. The second-order valence-electron chi connectivity index (χ2n) is 6.80. The fourth-order valence-electron chi connectivity index (χ4n) is 3.15. The van der Waals surface area contributed by atoms with Crippen LogP contribution in [0.1, 0.15) is 0 Å². The van der Waals surface area contributed by atoms with E-state index >= 15 is 0 Å². The van der Waals surface area contributed by atoms with Crippen molar-refractivity contribution in [1.82, 2.24) is 14.3 Å². The molecule has 0 atom stereocenters. The maximum Gasteiger partial charge on any atom is 0.207 e. The summed E-state index contributed by atoms with van der Waals surface area (Å²) < 4.78 is 42.1. The lowest BCUT2D eigenvalue weighted by Crippen LogP contribution is -3.12.